The van der Waals surface area contributed by atoms with E-state index in [0.717, 1.165) is 25.7 Å². The summed E-state index contributed by atoms with van der Waals surface area (Å²) in [5.41, 5.74) is 0. The summed E-state index contributed by atoms with van der Waals surface area (Å²) in [5, 5.41) is 0. The number of hydrogen-bond acceptors (Lipinski definition) is 4. The minimum absolute atomic E-state index is 0.0385. The van der Waals surface area contributed by atoms with Gasteiger partial charge in [-0.05, 0) is 45.4 Å². The molecule has 23 heavy (non-hydrogen) atoms. The highest BCUT2D eigenvalue weighted by atomic mass is 32.2. The van der Waals surface area contributed by atoms with Crippen LogP contribution in [0.2, 0.25) is 0 Å². The van der Waals surface area contributed by atoms with Gasteiger partial charge in [0.25, 0.3) is 0 Å². The fraction of sp³-hybridized carbons (Fsp3) is 0.938. The Morgan fingerprint density at radius 2 is 1.70 bits per heavy atom. The molecule has 1 aliphatic carbocycles. The Hall–Kier alpha value is -0.660. The van der Waals surface area contributed by atoms with Crippen molar-refractivity contribution in [3.8, 4) is 0 Å². The van der Waals surface area contributed by atoms with Crippen molar-refractivity contribution in [1.29, 1.82) is 0 Å². The van der Waals surface area contributed by atoms with Crippen LogP contribution in [-0.2, 0) is 19.6 Å². The predicted octanol–water partition coefficient (Wildman–Crippen LogP) is 1.46. The van der Waals surface area contributed by atoms with E-state index in [2.05, 4.69) is 0 Å². The van der Waals surface area contributed by atoms with Crippen molar-refractivity contribution in [1.82, 2.24) is 9.21 Å². The van der Waals surface area contributed by atoms with Gasteiger partial charge in [-0.15, -0.1) is 0 Å². The van der Waals surface area contributed by atoms with Gasteiger partial charge in [0, 0.05) is 39.2 Å². The van der Waals surface area contributed by atoms with Gasteiger partial charge in [-0.2, -0.15) is 0 Å². The van der Waals surface area contributed by atoms with E-state index in [1.54, 1.807) is 14.0 Å². The number of nitrogens with zero attached hydrogens (tertiary/aromatic N) is 2. The summed E-state index contributed by atoms with van der Waals surface area (Å²) in [7, 11) is 0.520. The lowest BCUT2D eigenvalue weighted by atomic mass is 9.90. The van der Waals surface area contributed by atoms with E-state index in [-0.39, 0.29) is 17.6 Å². The highest BCUT2D eigenvalue weighted by molar-refractivity contribution is 7.89. The van der Waals surface area contributed by atoms with Crippen LogP contribution in [0.4, 0.5) is 0 Å². The Morgan fingerprint density at radius 3 is 2.17 bits per heavy atom. The number of carbonyl (C=O) groups is 1. The number of piperidine rings is 1. The molecule has 0 radical (unpaired) electrons. The average Bonchev–Trinajstić information content (AvgIpc) is 2.60. The summed E-state index contributed by atoms with van der Waals surface area (Å²) < 4.78 is 30.7. The number of hydrogen-bond donors (Lipinski definition) is 0. The first-order chi connectivity index (χ1) is 10.9. The number of amides is 1. The molecule has 7 heteroatoms. The molecule has 2 fully saturated rings. The van der Waals surface area contributed by atoms with Crippen LogP contribution in [0.5, 0.6) is 0 Å². The highest BCUT2D eigenvalue weighted by Crippen LogP contribution is 2.27. The highest BCUT2D eigenvalue weighted by Gasteiger charge is 2.34. The van der Waals surface area contributed by atoms with Crippen molar-refractivity contribution in [3.63, 3.8) is 0 Å². The molecule has 0 N–H and O–H groups in total. The Morgan fingerprint density at radius 1 is 1.13 bits per heavy atom. The van der Waals surface area contributed by atoms with E-state index >= 15 is 0 Å². The lowest BCUT2D eigenvalue weighted by Crippen LogP contribution is -2.47. The third-order valence-electron chi connectivity index (χ3n) is 5.43. The van der Waals surface area contributed by atoms with Crippen LogP contribution in [0.3, 0.4) is 0 Å². The molecule has 1 saturated heterocycles. The van der Waals surface area contributed by atoms with Crippen molar-refractivity contribution in [2.24, 2.45) is 5.92 Å². The van der Waals surface area contributed by atoms with Gasteiger partial charge in [0.2, 0.25) is 15.9 Å². The van der Waals surface area contributed by atoms with Crippen molar-refractivity contribution >= 4 is 15.9 Å². The van der Waals surface area contributed by atoms with Gasteiger partial charge in [0.15, 0.2) is 0 Å². The van der Waals surface area contributed by atoms with Crippen LogP contribution in [0, 0.1) is 5.92 Å². The van der Waals surface area contributed by atoms with Crippen molar-refractivity contribution in [2.75, 3.05) is 33.0 Å². The van der Waals surface area contributed by atoms with Gasteiger partial charge >= 0.3 is 0 Å². The molecule has 0 bridgehead atoms. The molecule has 0 atom stereocenters. The fourth-order valence-corrected chi connectivity index (χ4v) is 4.83. The molecule has 0 aromatic rings. The van der Waals surface area contributed by atoms with E-state index in [1.165, 1.54) is 4.31 Å². The Bertz CT molecular complexity index is 492. The van der Waals surface area contributed by atoms with E-state index in [0.29, 0.717) is 38.1 Å². The summed E-state index contributed by atoms with van der Waals surface area (Å²) in [4.78, 5) is 14.6. The first-order valence-corrected chi connectivity index (χ1v) is 10.3. The molecule has 0 unspecified atom stereocenters. The first kappa shape index (κ1) is 18.7. The molecule has 2 rings (SSSR count). The molecule has 2 aliphatic rings. The molecule has 1 saturated carbocycles. The quantitative estimate of drug-likeness (QED) is 0.756. The second-order valence-corrected chi connectivity index (χ2v) is 8.95. The van der Waals surface area contributed by atoms with Crippen LogP contribution in [0.15, 0.2) is 0 Å². The lowest BCUT2D eigenvalue weighted by molar-refractivity contribution is -0.138. The maximum absolute atomic E-state index is 12.7. The summed E-state index contributed by atoms with van der Waals surface area (Å²) in [6, 6.07) is 0.298. The second-order valence-electron chi connectivity index (χ2n) is 6.69. The largest absolute Gasteiger partial charge is 0.381 e. The molecular formula is C16H30N2O4S. The molecule has 0 spiro atoms. The summed E-state index contributed by atoms with van der Waals surface area (Å²) in [5.74, 6) is 0.275. The van der Waals surface area contributed by atoms with E-state index in [1.807, 2.05) is 11.9 Å². The van der Waals surface area contributed by atoms with Gasteiger partial charge in [0.1, 0.15) is 0 Å². The number of sulfonamides is 1. The molecule has 0 aromatic carbocycles. The third kappa shape index (κ3) is 4.45. The molecule has 1 aliphatic heterocycles. The van der Waals surface area contributed by atoms with Crippen LogP contribution >= 0.6 is 0 Å². The molecule has 1 amide bonds. The van der Waals surface area contributed by atoms with Crippen molar-refractivity contribution in [3.05, 3.63) is 0 Å². The Kier molecular flexibility index (Phi) is 6.45. The Labute approximate surface area is 140 Å². The maximum atomic E-state index is 12.7. The standard InChI is InChI=1S/C16H30N2O4S/c1-4-23(20,21)18-11-9-13(10-12-18)16(19)17(2)14-5-7-15(22-3)8-6-14/h13-15H,4-12H2,1-3H3. The predicted molar refractivity (Wildman–Crippen MR) is 89.6 cm³/mol. The second kappa shape index (κ2) is 7.94. The summed E-state index contributed by atoms with van der Waals surface area (Å²) in [6.45, 7) is 2.60. The number of methoxy groups -OCH3 is 1. The normalized spacial score (nSPS) is 27.8. The van der Waals surface area contributed by atoms with Gasteiger partial charge in [-0.3, -0.25) is 4.79 Å². The van der Waals surface area contributed by atoms with Gasteiger partial charge in [0.05, 0.1) is 11.9 Å². The molecule has 134 valence electrons. The summed E-state index contributed by atoms with van der Waals surface area (Å²) in [6.07, 6.45) is 5.59. The van der Waals surface area contributed by atoms with Gasteiger partial charge in [-0.25, -0.2) is 12.7 Å². The zero-order valence-corrected chi connectivity index (χ0v) is 15.3. The number of rotatable bonds is 5. The van der Waals surface area contributed by atoms with Crippen molar-refractivity contribution in [2.45, 2.75) is 57.6 Å². The molecule has 1 heterocycles. The van der Waals surface area contributed by atoms with Crippen LogP contribution in [0.1, 0.15) is 45.4 Å². The fourth-order valence-electron chi connectivity index (χ4n) is 3.70. The first-order valence-electron chi connectivity index (χ1n) is 8.66. The van der Waals surface area contributed by atoms with Gasteiger partial charge < -0.3 is 9.64 Å². The minimum Gasteiger partial charge on any atom is -0.381 e. The van der Waals surface area contributed by atoms with Crippen molar-refractivity contribution < 1.29 is 17.9 Å². The molecule has 6 nitrogen and oxygen atoms in total. The zero-order valence-electron chi connectivity index (χ0n) is 14.5. The average molecular weight is 346 g/mol. The topological polar surface area (TPSA) is 66.9 Å². The van der Waals surface area contributed by atoms with Gasteiger partial charge in [-0.1, -0.05) is 0 Å². The Balaban J connectivity index is 1.85. The smallest absolute Gasteiger partial charge is 0.225 e. The van der Waals surface area contributed by atoms with Crippen LogP contribution in [-0.4, -0.2) is 68.7 Å². The SMILES string of the molecule is CCS(=O)(=O)N1CCC(C(=O)N(C)C2CCC(OC)CC2)CC1. The minimum atomic E-state index is -3.13. The van der Waals surface area contributed by atoms with Crippen LogP contribution in [0.25, 0.3) is 0 Å². The molecular weight excluding hydrogens is 316 g/mol. The van der Waals surface area contributed by atoms with E-state index in [4.69, 9.17) is 4.74 Å². The monoisotopic (exact) mass is 346 g/mol. The molecule has 0 aromatic heterocycles. The maximum Gasteiger partial charge on any atom is 0.225 e. The number of carbonyl (C=O) groups excluding carboxylic acids is 1. The van der Waals surface area contributed by atoms with E-state index < -0.39 is 10.0 Å². The zero-order chi connectivity index (χ0) is 17.0. The number of ether oxygens (including phenoxy) is 1. The lowest BCUT2D eigenvalue weighted by Gasteiger charge is -2.38. The third-order valence-corrected chi connectivity index (χ3v) is 7.32. The van der Waals surface area contributed by atoms with Crippen LogP contribution < -0.4 is 0 Å². The van der Waals surface area contributed by atoms with E-state index in [9.17, 15) is 13.2 Å². The summed E-state index contributed by atoms with van der Waals surface area (Å²) >= 11 is 0.